The molecule has 0 fully saturated rings. The first-order valence-electron chi connectivity index (χ1n) is 5.15. The minimum Gasteiger partial charge on any atom is -0.488 e. The summed E-state index contributed by atoms with van der Waals surface area (Å²) in [6.07, 6.45) is 2.55. The van der Waals surface area contributed by atoms with Crippen molar-refractivity contribution >= 4 is 15.9 Å². The minimum absolute atomic E-state index is 0.366. The van der Waals surface area contributed by atoms with Gasteiger partial charge in [0.05, 0.1) is 12.3 Å². The largest absolute Gasteiger partial charge is 0.488 e. The lowest BCUT2D eigenvalue weighted by atomic mass is 10.1. The molecule has 1 aromatic carbocycles. The molecule has 5 heteroatoms. The van der Waals surface area contributed by atoms with Crippen molar-refractivity contribution in [1.29, 1.82) is 0 Å². The Labute approximate surface area is 107 Å². The van der Waals surface area contributed by atoms with Gasteiger partial charge >= 0.3 is 0 Å². The van der Waals surface area contributed by atoms with Gasteiger partial charge in [-0.15, -0.1) is 0 Å². The summed E-state index contributed by atoms with van der Waals surface area (Å²) in [6.45, 7) is 2.07. The smallest absolute Gasteiger partial charge is 0.130 e. The first-order chi connectivity index (χ1) is 8.16. The molecular weight excluding hydrogens is 286 g/mol. The highest BCUT2D eigenvalue weighted by Gasteiger charge is 2.10. The molecule has 0 aliphatic carbocycles. The number of benzene rings is 1. The van der Waals surface area contributed by atoms with E-state index in [1.807, 2.05) is 18.2 Å². The first-order valence-corrected chi connectivity index (χ1v) is 5.94. The van der Waals surface area contributed by atoms with E-state index in [2.05, 4.69) is 21.1 Å². The van der Waals surface area contributed by atoms with Crippen LogP contribution in [0, 0.1) is 0 Å². The molecule has 17 heavy (non-hydrogen) atoms. The van der Waals surface area contributed by atoms with Gasteiger partial charge in [-0.25, -0.2) is 0 Å². The van der Waals surface area contributed by atoms with Crippen LogP contribution < -0.4 is 4.74 Å². The number of ether oxygens (including phenoxy) is 1. The lowest BCUT2D eigenvalue weighted by Crippen LogP contribution is -2.00. The molecule has 0 aliphatic heterocycles. The maximum absolute atomic E-state index is 9.65. The summed E-state index contributed by atoms with van der Waals surface area (Å²) < 4.78 is 11.2. The van der Waals surface area contributed by atoms with Crippen LogP contribution in [0.15, 0.2) is 39.7 Å². The molecule has 0 saturated carbocycles. The van der Waals surface area contributed by atoms with E-state index in [1.165, 1.54) is 6.26 Å². The van der Waals surface area contributed by atoms with Crippen molar-refractivity contribution in [3.05, 3.63) is 46.3 Å². The van der Waals surface area contributed by atoms with Crippen LogP contribution in [0.5, 0.6) is 5.75 Å². The van der Waals surface area contributed by atoms with Crippen LogP contribution in [0.2, 0.25) is 0 Å². The van der Waals surface area contributed by atoms with Crippen LogP contribution >= 0.6 is 15.9 Å². The molecule has 90 valence electrons. The quantitative estimate of drug-likeness (QED) is 0.942. The van der Waals surface area contributed by atoms with Crippen molar-refractivity contribution < 1.29 is 14.4 Å². The van der Waals surface area contributed by atoms with Crippen molar-refractivity contribution in [3.63, 3.8) is 0 Å². The van der Waals surface area contributed by atoms with Crippen LogP contribution in [0.4, 0.5) is 0 Å². The number of nitrogens with zero attached hydrogens (tertiary/aromatic N) is 1. The summed E-state index contributed by atoms with van der Waals surface area (Å²) >= 11 is 3.36. The summed E-state index contributed by atoms with van der Waals surface area (Å²) in [7, 11) is 0. The summed E-state index contributed by atoms with van der Waals surface area (Å²) in [5.41, 5.74) is 1.60. The molecule has 0 bridgehead atoms. The number of hydrogen-bond acceptors (Lipinski definition) is 4. The first kappa shape index (κ1) is 12.1. The summed E-state index contributed by atoms with van der Waals surface area (Å²) in [6, 6.07) is 5.53. The number of rotatable bonds is 4. The highest BCUT2D eigenvalue weighted by atomic mass is 79.9. The zero-order valence-electron chi connectivity index (χ0n) is 9.26. The monoisotopic (exact) mass is 297 g/mol. The third-order valence-corrected chi connectivity index (χ3v) is 2.79. The standard InChI is InChI=1S/C12H12BrNO3/c1-8(15)11-4-10(13)2-3-12(11)16-6-9-5-14-17-7-9/h2-5,7-8,15H,6H2,1H3/t8-/m0/s1. The maximum Gasteiger partial charge on any atom is 0.130 e. The van der Waals surface area contributed by atoms with E-state index in [-0.39, 0.29) is 0 Å². The third kappa shape index (κ3) is 3.08. The molecule has 4 nitrogen and oxygen atoms in total. The van der Waals surface area contributed by atoms with Gasteiger partial charge in [-0.1, -0.05) is 21.1 Å². The maximum atomic E-state index is 9.65. The normalized spacial score (nSPS) is 12.4. The van der Waals surface area contributed by atoms with Gasteiger partial charge in [0.1, 0.15) is 18.6 Å². The highest BCUT2D eigenvalue weighted by molar-refractivity contribution is 9.10. The fourth-order valence-corrected chi connectivity index (χ4v) is 1.82. The topological polar surface area (TPSA) is 55.5 Å². The average molecular weight is 298 g/mol. The Morgan fingerprint density at radius 1 is 1.53 bits per heavy atom. The second kappa shape index (κ2) is 5.33. The molecule has 0 radical (unpaired) electrons. The zero-order chi connectivity index (χ0) is 12.3. The molecule has 0 amide bonds. The van der Waals surface area contributed by atoms with Gasteiger partial charge in [-0.2, -0.15) is 0 Å². The van der Waals surface area contributed by atoms with Gasteiger partial charge in [-0.3, -0.25) is 0 Å². The average Bonchev–Trinajstić information content (AvgIpc) is 2.80. The Morgan fingerprint density at radius 2 is 2.35 bits per heavy atom. The SMILES string of the molecule is C[C@H](O)c1cc(Br)ccc1OCc1cnoc1. The Hall–Kier alpha value is -1.33. The molecule has 1 N–H and O–H groups in total. The number of aromatic nitrogens is 1. The Morgan fingerprint density at radius 3 is 3.00 bits per heavy atom. The van der Waals surface area contributed by atoms with Gasteiger partial charge in [0.15, 0.2) is 0 Å². The van der Waals surface area contributed by atoms with Gasteiger partial charge in [0.2, 0.25) is 0 Å². The van der Waals surface area contributed by atoms with Crippen molar-refractivity contribution in [1.82, 2.24) is 5.16 Å². The minimum atomic E-state index is -0.579. The van der Waals surface area contributed by atoms with Gasteiger partial charge in [-0.05, 0) is 25.1 Å². The predicted molar refractivity (Wildman–Crippen MR) is 65.6 cm³/mol. The molecule has 1 heterocycles. The van der Waals surface area contributed by atoms with E-state index in [9.17, 15) is 5.11 Å². The van der Waals surface area contributed by atoms with E-state index in [0.29, 0.717) is 12.4 Å². The van der Waals surface area contributed by atoms with E-state index in [4.69, 9.17) is 9.26 Å². The number of halogens is 1. The number of aliphatic hydroxyl groups excluding tert-OH is 1. The number of hydrogen-bond donors (Lipinski definition) is 1. The van der Waals surface area contributed by atoms with Crippen LogP contribution in [0.3, 0.4) is 0 Å². The Kier molecular flexibility index (Phi) is 3.81. The molecule has 2 rings (SSSR count). The lowest BCUT2D eigenvalue weighted by Gasteiger charge is -2.13. The van der Waals surface area contributed by atoms with E-state index < -0.39 is 6.10 Å². The van der Waals surface area contributed by atoms with Crippen molar-refractivity contribution in [3.8, 4) is 5.75 Å². The molecular formula is C12H12BrNO3. The van der Waals surface area contributed by atoms with Crippen LogP contribution in [0.25, 0.3) is 0 Å². The molecule has 0 saturated heterocycles. The molecule has 0 unspecified atom stereocenters. The fraction of sp³-hybridized carbons (Fsp3) is 0.250. The van der Waals surface area contributed by atoms with E-state index in [0.717, 1.165) is 15.6 Å². The van der Waals surface area contributed by atoms with Gasteiger partial charge < -0.3 is 14.4 Å². The third-order valence-electron chi connectivity index (χ3n) is 2.30. The van der Waals surface area contributed by atoms with E-state index in [1.54, 1.807) is 13.1 Å². The molecule has 2 aromatic rings. The number of aliphatic hydroxyl groups is 1. The second-order valence-electron chi connectivity index (χ2n) is 3.68. The predicted octanol–water partition coefficient (Wildman–Crippen LogP) is 3.07. The van der Waals surface area contributed by atoms with Gasteiger partial charge in [0, 0.05) is 15.6 Å². The summed E-state index contributed by atoms with van der Waals surface area (Å²) in [4.78, 5) is 0. The Bertz CT molecular complexity index is 483. The molecule has 0 spiro atoms. The van der Waals surface area contributed by atoms with Crippen LogP contribution in [-0.4, -0.2) is 10.3 Å². The van der Waals surface area contributed by atoms with E-state index >= 15 is 0 Å². The molecule has 1 atom stereocenters. The van der Waals surface area contributed by atoms with Crippen LogP contribution in [-0.2, 0) is 6.61 Å². The van der Waals surface area contributed by atoms with Crippen molar-refractivity contribution in [2.24, 2.45) is 0 Å². The summed E-state index contributed by atoms with van der Waals surface area (Å²) in [5.74, 6) is 0.657. The fourth-order valence-electron chi connectivity index (χ4n) is 1.44. The van der Waals surface area contributed by atoms with Crippen molar-refractivity contribution in [2.75, 3.05) is 0 Å². The Balaban J connectivity index is 2.14. The second-order valence-corrected chi connectivity index (χ2v) is 4.60. The van der Waals surface area contributed by atoms with Gasteiger partial charge in [0.25, 0.3) is 0 Å². The van der Waals surface area contributed by atoms with Crippen LogP contribution in [0.1, 0.15) is 24.2 Å². The van der Waals surface area contributed by atoms with Crippen molar-refractivity contribution in [2.45, 2.75) is 19.6 Å². The zero-order valence-corrected chi connectivity index (χ0v) is 10.8. The lowest BCUT2D eigenvalue weighted by molar-refractivity contribution is 0.190. The molecule has 0 aliphatic rings. The summed E-state index contributed by atoms with van der Waals surface area (Å²) in [5, 5.41) is 13.2. The molecule has 1 aromatic heterocycles. The highest BCUT2D eigenvalue weighted by Crippen LogP contribution is 2.29.